The van der Waals surface area contributed by atoms with Crippen LogP contribution in [-0.4, -0.2) is 88.7 Å². The first-order valence-corrected chi connectivity index (χ1v) is 18.8. The molecule has 4 aromatic rings. The average molecular weight is 794 g/mol. The Balaban J connectivity index is 1.16. The molecule has 3 aliphatic heterocycles. The number of aromatic nitrogens is 2. The summed E-state index contributed by atoms with van der Waals surface area (Å²) in [7, 11) is 3.10. The van der Waals surface area contributed by atoms with Gasteiger partial charge in [0.05, 0.1) is 52.8 Å². The van der Waals surface area contributed by atoms with E-state index in [2.05, 4.69) is 26.6 Å². The van der Waals surface area contributed by atoms with Crippen LogP contribution in [0.1, 0.15) is 42.4 Å². The van der Waals surface area contributed by atoms with Gasteiger partial charge in [-0.25, -0.2) is 9.78 Å². The molecule has 0 spiro atoms. The standard InChI is InChI=1S/C39H39Cl3N6O6/c1-53-32-15-22(14-21-11-13-47(19-28(21)32)17-23-6-8-33(49)44-23)37-36(42)26(10-12-43-37)25-4-3-5-27(35(25)41)31-16-30(40)29(38(46-31)54-2)20-48(39(51)52)18-24-7-9-34(50)45-24/h3-5,10,12,14-16,23-24H,6-9,11,13,17-20H2,1-2H3,(H,44,49)(H,45,50)(H,51,52). The van der Waals surface area contributed by atoms with E-state index in [1.54, 1.807) is 19.4 Å². The Hall–Kier alpha value is -4.62. The second-order valence-corrected chi connectivity index (χ2v) is 14.9. The number of halogens is 3. The van der Waals surface area contributed by atoms with Gasteiger partial charge in [-0.3, -0.25) is 19.5 Å². The lowest BCUT2D eigenvalue weighted by Gasteiger charge is -2.32. The molecule has 2 aromatic heterocycles. The van der Waals surface area contributed by atoms with Crippen molar-refractivity contribution in [1.29, 1.82) is 0 Å². The Labute approximate surface area is 327 Å². The number of fused-ring (bicyclic) bond motifs is 1. The van der Waals surface area contributed by atoms with Crippen LogP contribution in [0.5, 0.6) is 11.6 Å². The zero-order valence-electron chi connectivity index (χ0n) is 29.8. The number of hydrogen-bond donors (Lipinski definition) is 3. The van der Waals surface area contributed by atoms with Crippen molar-refractivity contribution < 1.29 is 29.0 Å². The number of rotatable bonds is 11. The number of amides is 3. The molecule has 0 saturated carbocycles. The Kier molecular flexibility index (Phi) is 11.2. The van der Waals surface area contributed by atoms with Gasteiger partial charge in [0.1, 0.15) is 5.75 Å². The fraction of sp³-hybridized carbons (Fsp3) is 0.359. The van der Waals surface area contributed by atoms with Gasteiger partial charge in [-0.15, -0.1) is 0 Å². The number of carbonyl (C=O) groups is 3. The number of pyridine rings is 2. The van der Waals surface area contributed by atoms with E-state index in [9.17, 15) is 19.5 Å². The Morgan fingerprint density at radius 2 is 1.67 bits per heavy atom. The van der Waals surface area contributed by atoms with E-state index in [4.69, 9.17) is 49.3 Å². The molecule has 3 amide bonds. The van der Waals surface area contributed by atoms with Crippen molar-refractivity contribution in [3.63, 3.8) is 0 Å². The molecule has 12 nitrogen and oxygen atoms in total. The minimum Gasteiger partial charge on any atom is -0.496 e. The summed E-state index contributed by atoms with van der Waals surface area (Å²) < 4.78 is 11.5. The number of nitrogens with zero attached hydrogens (tertiary/aromatic N) is 4. The van der Waals surface area contributed by atoms with Gasteiger partial charge in [-0.2, -0.15) is 0 Å². The third-order valence-electron chi connectivity index (χ3n) is 10.3. The van der Waals surface area contributed by atoms with Crippen molar-refractivity contribution in [3.8, 4) is 45.3 Å². The van der Waals surface area contributed by atoms with Crippen LogP contribution < -0.4 is 20.1 Å². The summed E-state index contributed by atoms with van der Waals surface area (Å²) >= 11 is 21.1. The summed E-state index contributed by atoms with van der Waals surface area (Å²) in [6.07, 6.45) is 3.70. The highest BCUT2D eigenvalue weighted by molar-refractivity contribution is 6.39. The number of carboxylic acid groups (broad SMARTS) is 1. The summed E-state index contributed by atoms with van der Waals surface area (Å²) in [6, 6.07) is 12.9. The van der Waals surface area contributed by atoms with Gasteiger partial charge in [0.15, 0.2) is 0 Å². The molecule has 15 heteroatoms. The van der Waals surface area contributed by atoms with Gasteiger partial charge in [-0.1, -0.05) is 53.0 Å². The normalized spacial score (nSPS) is 18.2. The van der Waals surface area contributed by atoms with Crippen LogP contribution in [0.25, 0.3) is 33.6 Å². The van der Waals surface area contributed by atoms with Crippen molar-refractivity contribution in [1.82, 2.24) is 30.4 Å². The minimum absolute atomic E-state index is 0.0913. The molecule has 7 rings (SSSR count). The number of hydrogen-bond acceptors (Lipinski definition) is 8. The van der Waals surface area contributed by atoms with Crippen LogP contribution in [0.3, 0.4) is 0 Å². The zero-order chi connectivity index (χ0) is 38.1. The maximum atomic E-state index is 12.2. The fourth-order valence-corrected chi connectivity index (χ4v) is 8.42. The van der Waals surface area contributed by atoms with Crippen LogP contribution >= 0.6 is 34.8 Å². The van der Waals surface area contributed by atoms with Gasteiger partial charge >= 0.3 is 6.09 Å². The van der Waals surface area contributed by atoms with E-state index in [0.717, 1.165) is 54.9 Å². The first-order valence-electron chi connectivity index (χ1n) is 17.7. The maximum absolute atomic E-state index is 12.2. The molecule has 3 aliphatic rings. The topological polar surface area (TPSA) is 146 Å². The van der Waals surface area contributed by atoms with E-state index in [0.29, 0.717) is 62.9 Å². The lowest BCUT2D eigenvalue weighted by Crippen LogP contribution is -2.41. The largest absolute Gasteiger partial charge is 0.496 e. The SMILES string of the molecule is COc1cc(-c2nccc(-c3cccc(-c4cc(Cl)c(CN(CC5CCC(=O)N5)C(=O)O)c(OC)n4)c3Cl)c2Cl)cc2c1CN(CC1CCC(=O)N1)CC2. The van der Waals surface area contributed by atoms with E-state index < -0.39 is 6.09 Å². The number of ether oxygens (including phenoxy) is 2. The monoisotopic (exact) mass is 792 g/mol. The predicted octanol–water partition coefficient (Wildman–Crippen LogP) is 6.85. The van der Waals surface area contributed by atoms with Crippen molar-refractivity contribution >= 4 is 52.7 Å². The minimum atomic E-state index is -1.16. The second-order valence-electron chi connectivity index (χ2n) is 13.7. The summed E-state index contributed by atoms with van der Waals surface area (Å²) in [6.45, 7) is 2.39. The molecule has 2 atom stereocenters. The Morgan fingerprint density at radius 1 is 0.944 bits per heavy atom. The fourth-order valence-electron chi connectivity index (χ4n) is 7.53. The first-order chi connectivity index (χ1) is 26.0. The third kappa shape index (κ3) is 7.79. The van der Waals surface area contributed by atoms with Crippen molar-refractivity contribution in [2.24, 2.45) is 0 Å². The Bertz CT molecular complexity index is 2120. The second kappa shape index (κ2) is 16.0. The molecule has 5 heterocycles. The molecular weight excluding hydrogens is 755 g/mol. The lowest BCUT2D eigenvalue weighted by atomic mass is 9.93. The number of benzene rings is 2. The maximum Gasteiger partial charge on any atom is 0.407 e. The zero-order valence-corrected chi connectivity index (χ0v) is 32.0. The molecule has 2 unspecified atom stereocenters. The smallest absolute Gasteiger partial charge is 0.407 e. The number of methoxy groups -OCH3 is 2. The van der Waals surface area contributed by atoms with Gasteiger partial charge in [0.2, 0.25) is 17.7 Å². The van der Waals surface area contributed by atoms with Gasteiger partial charge in [0.25, 0.3) is 0 Å². The van der Waals surface area contributed by atoms with E-state index in [-0.39, 0.29) is 47.9 Å². The van der Waals surface area contributed by atoms with Gasteiger partial charge in [-0.05, 0) is 49.1 Å². The quantitative estimate of drug-likeness (QED) is 0.148. The summed E-state index contributed by atoms with van der Waals surface area (Å²) in [4.78, 5) is 48.5. The highest BCUT2D eigenvalue weighted by Gasteiger charge is 2.29. The van der Waals surface area contributed by atoms with E-state index in [1.165, 1.54) is 12.0 Å². The van der Waals surface area contributed by atoms with Crippen LogP contribution in [0.15, 0.2) is 48.7 Å². The number of carbonyl (C=O) groups excluding carboxylic acids is 2. The highest BCUT2D eigenvalue weighted by atomic mass is 35.5. The molecule has 282 valence electrons. The highest BCUT2D eigenvalue weighted by Crippen LogP contribution is 2.44. The lowest BCUT2D eigenvalue weighted by molar-refractivity contribution is -0.120. The van der Waals surface area contributed by atoms with Crippen molar-refractivity contribution in [2.45, 2.75) is 57.3 Å². The van der Waals surface area contributed by atoms with Gasteiger partial charge in [0, 0.05) is 85.1 Å². The molecular formula is C39H39Cl3N6O6. The van der Waals surface area contributed by atoms with Crippen LogP contribution in [0, 0.1) is 0 Å². The molecule has 2 aromatic carbocycles. The molecule has 2 fully saturated rings. The molecule has 54 heavy (non-hydrogen) atoms. The Morgan fingerprint density at radius 3 is 2.35 bits per heavy atom. The summed E-state index contributed by atoms with van der Waals surface area (Å²) in [5, 5.41) is 16.8. The first kappa shape index (κ1) is 37.7. The molecule has 0 bridgehead atoms. The molecule has 2 saturated heterocycles. The van der Waals surface area contributed by atoms with E-state index in [1.807, 2.05) is 30.3 Å². The van der Waals surface area contributed by atoms with Crippen LogP contribution in [0.4, 0.5) is 4.79 Å². The third-order valence-corrected chi connectivity index (χ3v) is 11.4. The summed E-state index contributed by atoms with van der Waals surface area (Å²) in [5.41, 5.74) is 6.38. The molecule has 0 aliphatic carbocycles. The molecule has 3 N–H and O–H groups in total. The van der Waals surface area contributed by atoms with E-state index >= 15 is 0 Å². The molecule has 0 radical (unpaired) electrons. The van der Waals surface area contributed by atoms with Crippen molar-refractivity contribution in [3.05, 3.63) is 80.4 Å². The van der Waals surface area contributed by atoms with Crippen molar-refractivity contribution in [2.75, 3.05) is 33.9 Å². The van der Waals surface area contributed by atoms with Crippen LogP contribution in [-0.2, 0) is 29.1 Å². The number of nitrogens with one attached hydrogen (secondary N) is 2. The van der Waals surface area contributed by atoms with Crippen LogP contribution in [0.2, 0.25) is 15.1 Å². The summed E-state index contributed by atoms with van der Waals surface area (Å²) in [5.74, 6) is 0.920. The van der Waals surface area contributed by atoms with Gasteiger partial charge < -0.3 is 30.1 Å². The average Bonchev–Trinajstić information content (AvgIpc) is 3.77. The predicted molar refractivity (Wildman–Crippen MR) is 206 cm³/mol.